The van der Waals surface area contributed by atoms with Gasteiger partial charge >= 0.3 is 11.9 Å². The third-order valence-corrected chi connectivity index (χ3v) is 2.25. The molecule has 0 bridgehead atoms. The molecule has 1 aromatic rings. The van der Waals surface area contributed by atoms with E-state index in [0.29, 0.717) is 17.9 Å². The number of ether oxygens (including phenoxy) is 1. The second-order valence-electron chi connectivity index (χ2n) is 3.51. The topological polar surface area (TPSA) is 83.8 Å². The van der Waals surface area contributed by atoms with Crippen LogP contribution >= 0.6 is 0 Å². The van der Waals surface area contributed by atoms with Gasteiger partial charge < -0.3 is 14.9 Å². The first-order valence-corrected chi connectivity index (χ1v) is 5.22. The van der Waals surface area contributed by atoms with E-state index >= 15 is 0 Å². The Hall–Kier alpha value is -2.04. The molecule has 0 saturated carbocycles. The summed E-state index contributed by atoms with van der Waals surface area (Å²) in [4.78, 5) is 21.5. The number of benzene rings is 1. The SMILES string of the molecule is CCOc1cccc(CC(C(=O)O)C(=O)O)c1. The summed E-state index contributed by atoms with van der Waals surface area (Å²) in [7, 11) is 0. The van der Waals surface area contributed by atoms with Crippen molar-refractivity contribution in [2.24, 2.45) is 5.92 Å². The zero-order valence-corrected chi connectivity index (χ0v) is 9.42. The summed E-state index contributed by atoms with van der Waals surface area (Å²) in [5.41, 5.74) is 0.630. The van der Waals surface area contributed by atoms with E-state index in [1.54, 1.807) is 24.3 Å². The molecule has 0 aliphatic carbocycles. The number of carboxylic acid groups (broad SMARTS) is 2. The fourth-order valence-electron chi connectivity index (χ4n) is 1.44. The van der Waals surface area contributed by atoms with Gasteiger partial charge in [0.05, 0.1) is 6.61 Å². The molecule has 5 nitrogen and oxygen atoms in total. The monoisotopic (exact) mass is 238 g/mol. The van der Waals surface area contributed by atoms with Crippen molar-refractivity contribution < 1.29 is 24.5 Å². The fourth-order valence-corrected chi connectivity index (χ4v) is 1.44. The lowest BCUT2D eigenvalue weighted by Gasteiger charge is -2.09. The van der Waals surface area contributed by atoms with Crippen molar-refractivity contribution in [3.8, 4) is 5.75 Å². The quantitative estimate of drug-likeness (QED) is 0.732. The third-order valence-electron chi connectivity index (χ3n) is 2.25. The van der Waals surface area contributed by atoms with Crippen molar-refractivity contribution in [2.45, 2.75) is 13.3 Å². The van der Waals surface area contributed by atoms with Crippen molar-refractivity contribution >= 4 is 11.9 Å². The highest BCUT2D eigenvalue weighted by Crippen LogP contribution is 2.16. The first-order chi connectivity index (χ1) is 8.04. The van der Waals surface area contributed by atoms with Gasteiger partial charge in [-0.3, -0.25) is 9.59 Å². The molecule has 0 aliphatic rings. The van der Waals surface area contributed by atoms with Crippen LogP contribution in [0.1, 0.15) is 12.5 Å². The maximum atomic E-state index is 10.7. The second kappa shape index (κ2) is 5.89. The van der Waals surface area contributed by atoms with E-state index in [1.807, 2.05) is 6.92 Å². The van der Waals surface area contributed by atoms with Crippen LogP contribution in [0.2, 0.25) is 0 Å². The Morgan fingerprint density at radius 3 is 2.47 bits per heavy atom. The highest BCUT2D eigenvalue weighted by molar-refractivity contribution is 5.93. The standard InChI is InChI=1S/C12H14O5/c1-2-17-9-5-3-4-8(6-9)7-10(11(13)14)12(15)16/h3-6,10H,2,7H2,1H3,(H,13,14)(H,15,16). The van der Waals surface area contributed by atoms with E-state index in [0.717, 1.165) is 0 Å². The molecule has 0 amide bonds. The van der Waals surface area contributed by atoms with Crippen LogP contribution in [0.5, 0.6) is 5.75 Å². The molecule has 1 rings (SSSR count). The van der Waals surface area contributed by atoms with Gasteiger partial charge in [-0.1, -0.05) is 12.1 Å². The Morgan fingerprint density at radius 1 is 1.29 bits per heavy atom. The van der Waals surface area contributed by atoms with Crippen LogP contribution in [0, 0.1) is 5.92 Å². The molecule has 0 spiro atoms. The van der Waals surface area contributed by atoms with Crippen LogP contribution < -0.4 is 4.74 Å². The van der Waals surface area contributed by atoms with E-state index in [9.17, 15) is 9.59 Å². The minimum Gasteiger partial charge on any atom is -0.494 e. The molecule has 92 valence electrons. The normalized spacial score (nSPS) is 10.2. The lowest BCUT2D eigenvalue weighted by atomic mass is 9.99. The van der Waals surface area contributed by atoms with Gasteiger partial charge in [-0.15, -0.1) is 0 Å². The Bertz CT molecular complexity index is 399. The van der Waals surface area contributed by atoms with Gasteiger partial charge in [0.25, 0.3) is 0 Å². The first-order valence-electron chi connectivity index (χ1n) is 5.22. The molecule has 5 heteroatoms. The molecule has 0 saturated heterocycles. The number of rotatable bonds is 6. The zero-order chi connectivity index (χ0) is 12.8. The minimum absolute atomic E-state index is 0.0500. The Kier molecular flexibility index (Phi) is 4.51. The highest BCUT2D eigenvalue weighted by Gasteiger charge is 2.25. The van der Waals surface area contributed by atoms with Crippen molar-refractivity contribution in [1.82, 2.24) is 0 Å². The van der Waals surface area contributed by atoms with E-state index < -0.39 is 17.9 Å². The average Bonchev–Trinajstić information content (AvgIpc) is 2.26. The van der Waals surface area contributed by atoms with Crippen LogP contribution in [0.25, 0.3) is 0 Å². The van der Waals surface area contributed by atoms with Crippen molar-refractivity contribution in [3.63, 3.8) is 0 Å². The summed E-state index contributed by atoms with van der Waals surface area (Å²) in [5.74, 6) is -3.48. The summed E-state index contributed by atoms with van der Waals surface area (Å²) in [5, 5.41) is 17.5. The van der Waals surface area contributed by atoms with Gasteiger partial charge in [0.2, 0.25) is 0 Å². The number of aliphatic carboxylic acids is 2. The molecule has 0 atom stereocenters. The lowest BCUT2D eigenvalue weighted by molar-refractivity contribution is -0.154. The summed E-state index contributed by atoms with van der Waals surface area (Å²) >= 11 is 0. The van der Waals surface area contributed by atoms with E-state index in [1.165, 1.54) is 0 Å². The van der Waals surface area contributed by atoms with Crippen LogP contribution in [0.3, 0.4) is 0 Å². The average molecular weight is 238 g/mol. The molecular formula is C12H14O5. The first kappa shape index (κ1) is 13.0. The van der Waals surface area contributed by atoms with Gasteiger partial charge in [-0.05, 0) is 31.0 Å². The lowest BCUT2D eigenvalue weighted by Crippen LogP contribution is -2.25. The van der Waals surface area contributed by atoms with Crippen molar-refractivity contribution in [3.05, 3.63) is 29.8 Å². The highest BCUT2D eigenvalue weighted by atomic mass is 16.5. The third kappa shape index (κ3) is 3.79. The van der Waals surface area contributed by atoms with Gasteiger partial charge in [0.15, 0.2) is 5.92 Å². The zero-order valence-electron chi connectivity index (χ0n) is 9.42. The largest absolute Gasteiger partial charge is 0.494 e. The van der Waals surface area contributed by atoms with Gasteiger partial charge in [-0.2, -0.15) is 0 Å². The Morgan fingerprint density at radius 2 is 1.94 bits per heavy atom. The van der Waals surface area contributed by atoms with Crippen molar-refractivity contribution in [2.75, 3.05) is 6.61 Å². The maximum absolute atomic E-state index is 10.7. The summed E-state index contributed by atoms with van der Waals surface area (Å²) in [6.07, 6.45) is -0.0500. The van der Waals surface area contributed by atoms with Gasteiger partial charge in [-0.25, -0.2) is 0 Å². The Balaban J connectivity index is 2.82. The van der Waals surface area contributed by atoms with Crippen LogP contribution in [-0.4, -0.2) is 28.8 Å². The molecule has 0 fully saturated rings. The Labute approximate surface area is 98.6 Å². The number of hydrogen-bond donors (Lipinski definition) is 2. The van der Waals surface area contributed by atoms with E-state index in [2.05, 4.69) is 0 Å². The molecule has 17 heavy (non-hydrogen) atoms. The summed E-state index contributed by atoms with van der Waals surface area (Å²) < 4.78 is 5.25. The van der Waals surface area contributed by atoms with Crippen LogP contribution in [-0.2, 0) is 16.0 Å². The number of hydrogen-bond acceptors (Lipinski definition) is 3. The summed E-state index contributed by atoms with van der Waals surface area (Å²) in [6, 6.07) is 6.79. The molecule has 0 aliphatic heterocycles. The van der Waals surface area contributed by atoms with Crippen LogP contribution in [0.15, 0.2) is 24.3 Å². The van der Waals surface area contributed by atoms with E-state index in [-0.39, 0.29) is 6.42 Å². The smallest absolute Gasteiger partial charge is 0.318 e. The van der Waals surface area contributed by atoms with Gasteiger partial charge in [0, 0.05) is 0 Å². The van der Waals surface area contributed by atoms with Crippen molar-refractivity contribution in [1.29, 1.82) is 0 Å². The summed E-state index contributed by atoms with van der Waals surface area (Å²) in [6.45, 7) is 2.34. The number of carbonyl (C=O) groups is 2. The fraction of sp³-hybridized carbons (Fsp3) is 0.333. The maximum Gasteiger partial charge on any atom is 0.318 e. The number of carboxylic acids is 2. The van der Waals surface area contributed by atoms with Gasteiger partial charge in [0.1, 0.15) is 5.75 Å². The molecular weight excluding hydrogens is 224 g/mol. The molecule has 0 radical (unpaired) electrons. The molecule has 0 aromatic heterocycles. The molecule has 2 N–H and O–H groups in total. The molecule has 0 unspecified atom stereocenters. The molecule has 1 aromatic carbocycles. The van der Waals surface area contributed by atoms with Crippen LogP contribution in [0.4, 0.5) is 0 Å². The predicted molar refractivity (Wildman–Crippen MR) is 60.1 cm³/mol. The minimum atomic E-state index is -1.42. The predicted octanol–water partition coefficient (Wildman–Crippen LogP) is 1.41. The molecule has 0 heterocycles. The van der Waals surface area contributed by atoms with E-state index in [4.69, 9.17) is 14.9 Å². The second-order valence-corrected chi connectivity index (χ2v) is 3.51.